The lowest BCUT2D eigenvalue weighted by Crippen LogP contribution is -2.16. The van der Waals surface area contributed by atoms with Crippen molar-refractivity contribution in [2.45, 2.75) is 18.8 Å². The molecule has 0 fully saturated rings. The van der Waals surface area contributed by atoms with Crippen LogP contribution in [-0.4, -0.2) is 20.0 Å². The topological polar surface area (TPSA) is 47.6 Å². The summed E-state index contributed by atoms with van der Waals surface area (Å²) in [7, 11) is 3.20. The molecule has 2 aromatic carbocycles. The van der Waals surface area contributed by atoms with Crippen LogP contribution in [0.15, 0.2) is 48.2 Å². The van der Waals surface area contributed by atoms with Gasteiger partial charge >= 0.3 is 0 Å². The lowest BCUT2D eigenvalue weighted by Gasteiger charge is -2.24. The first kappa shape index (κ1) is 18.6. The van der Waals surface area contributed by atoms with E-state index in [1.54, 1.807) is 38.5 Å². The number of allylic oxidation sites excluding steroid dienone is 2. The van der Waals surface area contributed by atoms with E-state index in [4.69, 9.17) is 32.7 Å². The average molecular weight is 392 g/mol. The van der Waals surface area contributed by atoms with E-state index in [-0.39, 0.29) is 11.7 Å². The highest BCUT2D eigenvalue weighted by atomic mass is 35.5. The first-order valence-electron chi connectivity index (χ1n) is 8.17. The van der Waals surface area contributed by atoms with Crippen LogP contribution in [0, 0.1) is 0 Å². The molecule has 0 saturated carbocycles. The van der Waals surface area contributed by atoms with Gasteiger partial charge in [-0.25, -0.2) is 0 Å². The summed E-state index contributed by atoms with van der Waals surface area (Å²) in [5.74, 6) is 1.46. The van der Waals surface area contributed by atoms with Gasteiger partial charge in [0.05, 0.1) is 14.2 Å². The van der Waals surface area contributed by atoms with Crippen LogP contribution in [0.1, 0.15) is 24.3 Å². The monoisotopic (exact) mass is 391 g/mol. The maximum atomic E-state index is 12.2. The Balaban J connectivity index is 1.82. The van der Waals surface area contributed by atoms with Crippen LogP contribution in [0.25, 0.3) is 0 Å². The van der Waals surface area contributed by atoms with Crippen molar-refractivity contribution in [2.75, 3.05) is 19.5 Å². The van der Waals surface area contributed by atoms with Gasteiger partial charge in [0.1, 0.15) is 0 Å². The van der Waals surface area contributed by atoms with Crippen LogP contribution in [-0.2, 0) is 4.79 Å². The Hall–Kier alpha value is -2.17. The van der Waals surface area contributed by atoms with E-state index in [9.17, 15) is 4.79 Å². The van der Waals surface area contributed by atoms with E-state index >= 15 is 0 Å². The fourth-order valence-electron chi connectivity index (χ4n) is 3.13. The SMILES string of the molecule is COc1ccc([C@@H]2CC(=O)C=C(Nc3cc(Cl)cc(Cl)c3)C2)cc1OC. The molecular formula is C20H19Cl2NO3. The van der Waals surface area contributed by atoms with E-state index in [2.05, 4.69) is 5.32 Å². The Morgan fingerprint density at radius 2 is 1.65 bits per heavy atom. The summed E-state index contributed by atoms with van der Waals surface area (Å²) in [6.07, 6.45) is 2.80. The van der Waals surface area contributed by atoms with Crippen molar-refractivity contribution < 1.29 is 14.3 Å². The van der Waals surface area contributed by atoms with Crippen molar-refractivity contribution in [1.82, 2.24) is 0 Å². The summed E-state index contributed by atoms with van der Waals surface area (Å²) in [5, 5.41) is 4.34. The van der Waals surface area contributed by atoms with Crippen molar-refractivity contribution in [3.8, 4) is 11.5 Å². The molecule has 3 rings (SSSR count). The number of anilines is 1. The number of hydrogen-bond donors (Lipinski definition) is 1. The highest BCUT2D eigenvalue weighted by Crippen LogP contribution is 2.37. The highest BCUT2D eigenvalue weighted by Gasteiger charge is 2.23. The quantitative estimate of drug-likeness (QED) is 0.735. The third-order valence-corrected chi connectivity index (χ3v) is 4.73. The first-order valence-corrected chi connectivity index (χ1v) is 8.92. The fraction of sp³-hybridized carbons (Fsp3) is 0.250. The van der Waals surface area contributed by atoms with Gasteiger partial charge in [-0.3, -0.25) is 4.79 Å². The summed E-state index contributed by atoms with van der Waals surface area (Å²) < 4.78 is 10.7. The first-order chi connectivity index (χ1) is 12.5. The van der Waals surface area contributed by atoms with Crippen LogP contribution >= 0.6 is 23.2 Å². The standard InChI is InChI=1S/C20H19Cl2NO3/c1-25-19-4-3-12(7-20(19)26-2)13-5-16(11-18(24)6-13)23-17-9-14(21)8-15(22)10-17/h3-4,7-11,13,23H,5-6H2,1-2H3/t13-/m0/s1. The number of carbonyl (C=O) groups excluding carboxylic acids is 1. The van der Waals surface area contributed by atoms with Gasteiger partial charge in [-0.05, 0) is 48.2 Å². The Bertz CT molecular complexity index is 844. The molecule has 0 amide bonds. The second-order valence-electron chi connectivity index (χ2n) is 6.14. The van der Waals surface area contributed by atoms with E-state index in [1.807, 2.05) is 18.2 Å². The molecule has 0 heterocycles. The van der Waals surface area contributed by atoms with E-state index < -0.39 is 0 Å². The minimum Gasteiger partial charge on any atom is -0.493 e. The van der Waals surface area contributed by atoms with Gasteiger partial charge in [0, 0.05) is 33.9 Å². The zero-order valence-electron chi connectivity index (χ0n) is 14.5. The van der Waals surface area contributed by atoms with Gasteiger partial charge < -0.3 is 14.8 Å². The number of ketones is 1. The average Bonchev–Trinajstić information content (AvgIpc) is 2.59. The molecule has 1 aliphatic rings. The molecule has 6 heteroatoms. The molecule has 1 N–H and O–H groups in total. The van der Waals surface area contributed by atoms with Gasteiger partial charge in [-0.15, -0.1) is 0 Å². The third kappa shape index (κ3) is 4.32. The van der Waals surface area contributed by atoms with E-state index in [0.717, 1.165) is 16.9 Å². The number of hydrogen-bond acceptors (Lipinski definition) is 4. The predicted molar refractivity (Wildman–Crippen MR) is 105 cm³/mol. The predicted octanol–water partition coefficient (Wildman–Crippen LogP) is 5.45. The maximum absolute atomic E-state index is 12.2. The molecule has 1 aliphatic carbocycles. The van der Waals surface area contributed by atoms with E-state index in [0.29, 0.717) is 34.4 Å². The molecule has 136 valence electrons. The number of ether oxygens (including phenoxy) is 2. The molecule has 0 aromatic heterocycles. The van der Waals surface area contributed by atoms with Crippen LogP contribution < -0.4 is 14.8 Å². The molecule has 0 unspecified atom stereocenters. The zero-order chi connectivity index (χ0) is 18.7. The molecule has 0 saturated heterocycles. The minimum atomic E-state index is 0.0597. The molecular weight excluding hydrogens is 373 g/mol. The fourth-order valence-corrected chi connectivity index (χ4v) is 3.66. The highest BCUT2D eigenvalue weighted by molar-refractivity contribution is 6.35. The number of nitrogens with one attached hydrogen (secondary N) is 1. The van der Waals surface area contributed by atoms with Crippen molar-refractivity contribution >= 4 is 34.7 Å². The zero-order valence-corrected chi connectivity index (χ0v) is 16.0. The lowest BCUT2D eigenvalue weighted by atomic mass is 9.85. The van der Waals surface area contributed by atoms with Crippen LogP contribution in [0.4, 0.5) is 5.69 Å². The molecule has 0 spiro atoms. The Morgan fingerprint density at radius 3 is 2.31 bits per heavy atom. The van der Waals surface area contributed by atoms with Crippen LogP contribution in [0.2, 0.25) is 10.0 Å². The largest absolute Gasteiger partial charge is 0.493 e. The second-order valence-corrected chi connectivity index (χ2v) is 7.01. The molecule has 26 heavy (non-hydrogen) atoms. The minimum absolute atomic E-state index is 0.0597. The summed E-state index contributed by atoms with van der Waals surface area (Å²) in [4.78, 5) is 12.2. The Morgan fingerprint density at radius 1 is 0.962 bits per heavy atom. The smallest absolute Gasteiger partial charge is 0.160 e. The van der Waals surface area contributed by atoms with Gasteiger partial charge in [-0.1, -0.05) is 29.3 Å². The van der Waals surface area contributed by atoms with Gasteiger partial charge in [0.25, 0.3) is 0 Å². The number of halogens is 2. The normalized spacial score (nSPS) is 16.8. The van der Waals surface area contributed by atoms with Crippen LogP contribution in [0.5, 0.6) is 11.5 Å². The summed E-state index contributed by atoms with van der Waals surface area (Å²) in [5.41, 5.74) is 2.63. The Kier molecular flexibility index (Phi) is 5.74. The number of benzene rings is 2. The molecule has 0 bridgehead atoms. The summed E-state index contributed by atoms with van der Waals surface area (Å²) in [6, 6.07) is 11.0. The molecule has 1 atom stereocenters. The number of rotatable bonds is 5. The molecule has 2 aromatic rings. The van der Waals surface area contributed by atoms with Crippen molar-refractivity contribution in [1.29, 1.82) is 0 Å². The molecule has 0 radical (unpaired) electrons. The Labute approximate surface area is 162 Å². The van der Waals surface area contributed by atoms with Crippen molar-refractivity contribution in [3.05, 3.63) is 63.8 Å². The summed E-state index contributed by atoms with van der Waals surface area (Å²) in [6.45, 7) is 0. The van der Waals surface area contributed by atoms with Gasteiger partial charge in [0.15, 0.2) is 17.3 Å². The lowest BCUT2D eigenvalue weighted by molar-refractivity contribution is -0.115. The maximum Gasteiger partial charge on any atom is 0.160 e. The van der Waals surface area contributed by atoms with Gasteiger partial charge in [0.2, 0.25) is 0 Å². The number of carbonyl (C=O) groups is 1. The van der Waals surface area contributed by atoms with Crippen molar-refractivity contribution in [2.24, 2.45) is 0 Å². The number of methoxy groups -OCH3 is 2. The second kappa shape index (κ2) is 8.02. The molecule has 4 nitrogen and oxygen atoms in total. The molecule has 0 aliphatic heterocycles. The van der Waals surface area contributed by atoms with E-state index in [1.165, 1.54) is 0 Å². The third-order valence-electron chi connectivity index (χ3n) is 4.30. The summed E-state index contributed by atoms with van der Waals surface area (Å²) >= 11 is 12.1. The van der Waals surface area contributed by atoms with Crippen molar-refractivity contribution in [3.63, 3.8) is 0 Å². The van der Waals surface area contributed by atoms with Crippen LogP contribution in [0.3, 0.4) is 0 Å². The van der Waals surface area contributed by atoms with Gasteiger partial charge in [-0.2, -0.15) is 0 Å².